The van der Waals surface area contributed by atoms with Crippen LogP contribution in [0.4, 0.5) is 0 Å². The van der Waals surface area contributed by atoms with E-state index in [2.05, 4.69) is 9.88 Å². The first-order chi connectivity index (χ1) is 13.0. The minimum absolute atomic E-state index is 0.0761. The third kappa shape index (κ3) is 3.64. The van der Waals surface area contributed by atoms with Crippen molar-refractivity contribution in [1.82, 2.24) is 14.8 Å². The van der Waals surface area contributed by atoms with Gasteiger partial charge < -0.3 is 14.6 Å². The van der Waals surface area contributed by atoms with Gasteiger partial charge in [-0.15, -0.1) is 0 Å². The maximum Gasteiger partial charge on any atom is 0.251 e. The topological polar surface area (TPSA) is 65.6 Å². The average molecular weight is 369 g/mol. The Bertz CT molecular complexity index is 907. The van der Waals surface area contributed by atoms with Gasteiger partial charge in [0.05, 0.1) is 5.52 Å². The molecule has 1 atom stereocenters. The highest BCUT2D eigenvalue weighted by atomic mass is 16.5. The third-order valence-corrected chi connectivity index (χ3v) is 5.74. The lowest BCUT2D eigenvalue weighted by Crippen LogP contribution is -2.51. The van der Waals surface area contributed by atoms with E-state index in [1.165, 1.54) is 0 Å². The molecule has 1 aromatic carbocycles. The Morgan fingerprint density at radius 3 is 2.63 bits per heavy atom. The number of fused-ring (bicyclic) bond motifs is 1. The number of nitrogens with one attached hydrogen (secondary N) is 1. The summed E-state index contributed by atoms with van der Waals surface area (Å²) in [5.41, 5.74) is 4.03. The minimum Gasteiger partial charge on any atom is -0.368 e. The van der Waals surface area contributed by atoms with Gasteiger partial charge >= 0.3 is 0 Å². The van der Waals surface area contributed by atoms with E-state index in [9.17, 15) is 9.59 Å². The lowest BCUT2D eigenvalue weighted by Gasteiger charge is -2.35. The maximum atomic E-state index is 12.6. The number of hydrogen-bond acceptors (Lipinski definition) is 4. The fourth-order valence-electron chi connectivity index (χ4n) is 4.15. The fraction of sp³-hybridized carbons (Fsp3) is 0.524. The predicted octanol–water partition coefficient (Wildman–Crippen LogP) is 1.97. The molecule has 4 rings (SSSR count). The molecule has 3 heterocycles. The molecule has 144 valence electrons. The number of rotatable bonds is 3. The van der Waals surface area contributed by atoms with E-state index in [1.54, 1.807) is 6.07 Å². The number of amides is 1. The zero-order valence-electron chi connectivity index (χ0n) is 16.1. The van der Waals surface area contributed by atoms with Gasteiger partial charge in [0.1, 0.15) is 6.10 Å². The molecule has 1 unspecified atom stereocenters. The van der Waals surface area contributed by atoms with Crippen LogP contribution in [0.15, 0.2) is 23.0 Å². The van der Waals surface area contributed by atoms with E-state index in [0.29, 0.717) is 26.2 Å². The number of carbonyl (C=O) groups excluding carboxylic acids is 1. The molecular formula is C21H27N3O3. The molecule has 27 heavy (non-hydrogen) atoms. The predicted molar refractivity (Wildman–Crippen MR) is 105 cm³/mol. The van der Waals surface area contributed by atoms with Gasteiger partial charge in [-0.05, 0) is 37.8 Å². The number of aryl methyl sites for hydroxylation is 2. The van der Waals surface area contributed by atoms with Crippen molar-refractivity contribution in [2.45, 2.75) is 39.3 Å². The second-order valence-electron chi connectivity index (χ2n) is 7.71. The molecule has 2 fully saturated rings. The standard InChI is InChI=1S/C21H27N3O3/c1-14-5-6-15(2)20-19(14)17(25)12-16(22-20)13-23-7-9-24(10-8-23)21(26)18-4-3-11-27-18/h5-6,12,18H,3-4,7-11,13H2,1-2H3,(H,22,25). The Balaban J connectivity index is 1.44. The number of carbonyl (C=O) groups is 1. The molecule has 6 nitrogen and oxygen atoms in total. The SMILES string of the molecule is Cc1ccc(C)c2c(=O)cc(CN3CCN(C(=O)C4CCCO4)CC3)[nH]c12. The number of aromatic nitrogens is 1. The summed E-state index contributed by atoms with van der Waals surface area (Å²) in [5, 5.41) is 0.783. The molecule has 0 radical (unpaired) electrons. The number of nitrogens with zero attached hydrogens (tertiary/aromatic N) is 2. The highest BCUT2D eigenvalue weighted by Gasteiger charge is 2.30. The van der Waals surface area contributed by atoms with Crippen LogP contribution in [0.2, 0.25) is 0 Å². The van der Waals surface area contributed by atoms with Crippen LogP contribution in [-0.2, 0) is 16.1 Å². The van der Waals surface area contributed by atoms with Crippen LogP contribution in [0.25, 0.3) is 10.9 Å². The normalized spacial score (nSPS) is 21.1. The number of aromatic amines is 1. The molecule has 2 aliphatic heterocycles. The van der Waals surface area contributed by atoms with Gasteiger partial charge in [0, 0.05) is 56.5 Å². The van der Waals surface area contributed by atoms with E-state index >= 15 is 0 Å². The van der Waals surface area contributed by atoms with Gasteiger partial charge in [-0.2, -0.15) is 0 Å². The van der Waals surface area contributed by atoms with Gasteiger partial charge in [0.25, 0.3) is 5.91 Å². The zero-order valence-corrected chi connectivity index (χ0v) is 16.1. The van der Waals surface area contributed by atoms with Gasteiger partial charge in [-0.1, -0.05) is 12.1 Å². The zero-order chi connectivity index (χ0) is 19.0. The first-order valence-corrected chi connectivity index (χ1v) is 9.78. The van der Waals surface area contributed by atoms with Gasteiger partial charge in [-0.3, -0.25) is 14.5 Å². The van der Waals surface area contributed by atoms with Gasteiger partial charge in [-0.25, -0.2) is 0 Å². The van der Waals surface area contributed by atoms with Crippen molar-refractivity contribution < 1.29 is 9.53 Å². The summed E-state index contributed by atoms with van der Waals surface area (Å²) in [6, 6.07) is 5.77. The highest BCUT2D eigenvalue weighted by molar-refractivity contribution is 5.84. The van der Waals surface area contributed by atoms with Crippen molar-refractivity contribution in [2.24, 2.45) is 0 Å². The molecule has 6 heteroatoms. The maximum absolute atomic E-state index is 12.6. The Kier molecular flexibility index (Phi) is 5.02. The number of benzene rings is 1. The van der Waals surface area contributed by atoms with Crippen LogP contribution in [0.1, 0.15) is 29.7 Å². The summed E-state index contributed by atoms with van der Waals surface area (Å²) in [6.45, 7) is 8.45. The van der Waals surface area contributed by atoms with Crippen LogP contribution < -0.4 is 5.43 Å². The fourth-order valence-corrected chi connectivity index (χ4v) is 4.15. The van der Waals surface area contributed by atoms with Gasteiger partial charge in [0.2, 0.25) is 0 Å². The monoisotopic (exact) mass is 369 g/mol. The summed E-state index contributed by atoms with van der Waals surface area (Å²) in [6.07, 6.45) is 1.58. The van der Waals surface area contributed by atoms with E-state index < -0.39 is 0 Å². The van der Waals surface area contributed by atoms with E-state index in [1.807, 2.05) is 30.9 Å². The molecule has 0 bridgehead atoms. The van der Waals surface area contributed by atoms with E-state index in [0.717, 1.165) is 53.7 Å². The van der Waals surface area contributed by atoms with Crippen LogP contribution in [-0.4, -0.2) is 59.6 Å². The number of H-pyrrole nitrogens is 1. The van der Waals surface area contributed by atoms with Crippen molar-refractivity contribution in [3.8, 4) is 0 Å². The molecule has 1 N–H and O–H groups in total. The Morgan fingerprint density at radius 1 is 1.19 bits per heavy atom. The Hall–Kier alpha value is -2.18. The molecule has 0 aliphatic carbocycles. The van der Waals surface area contributed by atoms with Crippen LogP contribution >= 0.6 is 0 Å². The van der Waals surface area contributed by atoms with Crippen molar-refractivity contribution in [2.75, 3.05) is 32.8 Å². The smallest absolute Gasteiger partial charge is 0.251 e. The molecule has 0 spiro atoms. The highest BCUT2D eigenvalue weighted by Crippen LogP contribution is 2.19. The Morgan fingerprint density at radius 2 is 1.93 bits per heavy atom. The third-order valence-electron chi connectivity index (χ3n) is 5.74. The molecule has 0 saturated carbocycles. The number of piperazine rings is 1. The van der Waals surface area contributed by atoms with E-state index in [4.69, 9.17) is 4.74 Å². The van der Waals surface area contributed by atoms with Crippen molar-refractivity contribution >= 4 is 16.8 Å². The van der Waals surface area contributed by atoms with Crippen LogP contribution in [0.5, 0.6) is 0 Å². The number of ether oxygens (including phenoxy) is 1. The van der Waals surface area contributed by atoms with Gasteiger partial charge in [0.15, 0.2) is 5.43 Å². The lowest BCUT2D eigenvalue weighted by molar-refractivity contribution is -0.142. The quantitative estimate of drug-likeness (QED) is 0.898. The largest absolute Gasteiger partial charge is 0.368 e. The second kappa shape index (κ2) is 7.44. The molecular weight excluding hydrogens is 342 g/mol. The second-order valence-corrected chi connectivity index (χ2v) is 7.71. The molecule has 2 aromatic rings. The minimum atomic E-state index is -0.236. The molecule has 1 aromatic heterocycles. The van der Waals surface area contributed by atoms with Crippen LogP contribution in [0.3, 0.4) is 0 Å². The summed E-state index contributed by atoms with van der Waals surface area (Å²) in [5.74, 6) is 0.136. The number of hydrogen-bond donors (Lipinski definition) is 1. The first-order valence-electron chi connectivity index (χ1n) is 9.78. The van der Waals surface area contributed by atoms with E-state index in [-0.39, 0.29) is 17.4 Å². The van der Waals surface area contributed by atoms with Crippen molar-refractivity contribution in [3.05, 3.63) is 45.2 Å². The molecule has 2 aliphatic rings. The van der Waals surface area contributed by atoms with Crippen molar-refractivity contribution in [1.29, 1.82) is 0 Å². The average Bonchev–Trinajstić information content (AvgIpc) is 3.19. The summed E-state index contributed by atoms with van der Waals surface area (Å²) in [7, 11) is 0. The first kappa shape index (κ1) is 18.2. The summed E-state index contributed by atoms with van der Waals surface area (Å²) in [4.78, 5) is 32.7. The van der Waals surface area contributed by atoms with Crippen LogP contribution in [0, 0.1) is 13.8 Å². The summed E-state index contributed by atoms with van der Waals surface area (Å²) >= 11 is 0. The number of pyridine rings is 1. The molecule has 2 saturated heterocycles. The Labute approximate surface area is 159 Å². The summed E-state index contributed by atoms with van der Waals surface area (Å²) < 4.78 is 5.52. The van der Waals surface area contributed by atoms with Crippen molar-refractivity contribution in [3.63, 3.8) is 0 Å². The lowest BCUT2D eigenvalue weighted by atomic mass is 10.0. The molecule has 1 amide bonds.